The molecule has 0 bridgehead atoms. The lowest BCUT2D eigenvalue weighted by Gasteiger charge is -2.11. The summed E-state index contributed by atoms with van der Waals surface area (Å²) in [5, 5.41) is 3.28. The molecule has 5 N–H and O–H groups in total. The molecule has 0 aliphatic heterocycles. The minimum Gasteiger partial charge on any atom is -0.330 e. The maximum absolute atomic E-state index is 5.76. The number of hydrogen-bond donors (Lipinski definition) is 3. The van der Waals surface area contributed by atoms with Crippen molar-refractivity contribution in [1.82, 2.24) is 5.32 Å². The summed E-state index contributed by atoms with van der Waals surface area (Å²) >= 11 is 0. The molecule has 0 heterocycles. The third-order valence-corrected chi connectivity index (χ3v) is 1.89. The van der Waals surface area contributed by atoms with Gasteiger partial charge in [-0.2, -0.15) is 0 Å². The van der Waals surface area contributed by atoms with Crippen molar-refractivity contribution in [3.8, 4) is 0 Å². The van der Waals surface area contributed by atoms with Gasteiger partial charge in [0, 0.05) is 0 Å². The van der Waals surface area contributed by atoms with E-state index in [1.54, 1.807) is 0 Å². The standard InChI is InChI=1S/C9H23N3/c1-2-6-9(11)12-8-5-3-4-7-10/h9,12H,2-8,10-11H2,1H3. The predicted octanol–water partition coefficient (Wildman–Crippen LogP) is 0.790. The minimum atomic E-state index is 0.188. The topological polar surface area (TPSA) is 64.1 Å². The van der Waals surface area contributed by atoms with Gasteiger partial charge in [0.15, 0.2) is 0 Å². The summed E-state index contributed by atoms with van der Waals surface area (Å²) in [4.78, 5) is 0. The van der Waals surface area contributed by atoms with Crippen molar-refractivity contribution < 1.29 is 0 Å². The van der Waals surface area contributed by atoms with Crippen LogP contribution in [0.15, 0.2) is 0 Å². The molecule has 0 rings (SSSR count). The molecule has 0 aromatic heterocycles. The zero-order chi connectivity index (χ0) is 9.23. The van der Waals surface area contributed by atoms with Gasteiger partial charge in [-0.05, 0) is 32.4 Å². The average Bonchev–Trinajstić information content (AvgIpc) is 2.05. The molecule has 0 aliphatic rings. The lowest BCUT2D eigenvalue weighted by Crippen LogP contribution is -2.37. The second-order valence-corrected chi connectivity index (χ2v) is 3.20. The Balaban J connectivity index is 2.97. The highest BCUT2D eigenvalue weighted by molar-refractivity contribution is 4.57. The van der Waals surface area contributed by atoms with Crippen LogP contribution in [-0.4, -0.2) is 19.3 Å². The van der Waals surface area contributed by atoms with Crippen molar-refractivity contribution >= 4 is 0 Å². The molecule has 0 aromatic carbocycles. The van der Waals surface area contributed by atoms with E-state index in [0.717, 1.165) is 32.4 Å². The van der Waals surface area contributed by atoms with Gasteiger partial charge >= 0.3 is 0 Å². The first kappa shape index (κ1) is 11.9. The zero-order valence-corrected chi connectivity index (χ0v) is 8.18. The van der Waals surface area contributed by atoms with Crippen LogP contribution < -0.4 is 16.8 Å². The maximum atomic E-state index is 5.76. The Morgan fingerprint density at radius 1 is 1.25 bits per heavy atom. The SMILES string of the molecule is CCCC(N)NCCCCCN. The number of hydrogen-bond acceptors (Lipinski definition) is 3. The third-order valence-electron chi connectivity index (χ3n) is 1.89. The Labute approximate surface area is 75.9 Å². The van der Waals surface area contributed by atoms with Crippen LogP contribution in [0.25, 0.3) is 0 Å². The van der Waals surface area contributed by atoms with Crippen molar-refractivity contribution in [3.63, 3.8) is 0 Å². The first-order valence-corrected chi connectivity index (χ1v) is 5.00. The van der Waals surface area contributed by atoms with E-state index < -0.39 is 0 Å². The molecule has 0 aromatic rings. The van der Waals surface area contributed by atoms with Crippen molar-refractivity contribution in [3.05, 3.63) is 0 Å². The van der Waals surface area contributed by atoms with Crippen LogP contribution >= 0.6 is 0 Å². The van der Waals surface area contributed by atoms with E-state index >= 15 is 0 Å². The quantitative estimate of drug-likeness (QED) is 0.375. The molecule has 1 atom stereocenters. The smallest absolute Gasteiger partial charge is 0.0546 e. The number of unbranched alkanes of at least 4 members (excludes halogenated alkanes) is 2. The Hall–Kier alpha value is -0.120. The van der Waals surface area contributed by atoms with E-state index in [4.69, 9.17) is 11.5 Å². The van der Waals surface area contributed by atoms with Crippen molar-refractivity contribution in [1.29, 1.82) is 0 Å². The van der Waals surface area contributed by atoms with Crippen LogP contribution in [0.2, 0.25) is 0 Å². The lowest BCUT2D eigenvalue weighted by atomic mass is 10.2. The molecular weight excluding hydrogens is 150 g/mol. The second-order valence-electron chi connectivity index (χ2n) is 3.20. The predicted molar refractivity (Wildman–Crippen MR) is 53.8 cm³/mol. The zero-order valence-electron chi connectivity index (χ0n) is 8.18. The van der Waals surface area contributed by atoms with E-state index in [0.29, 0.717) is 0 Å². The summed E-state index contributed by atoms with van der Waals surface area (Å²) in [6, 6.07) is 0. The largest absolute Gasteiger partial charge is 0.330 e. The van der Waals surface area contributed by atoms with Gasteiger partial charge in [-0.3, -0.25) is 0 Å². The summed E-state index contributed by atoms with van der Waals surface area (Å²) in [5.41, 5.74) is 11.1. The molecule has 0 amide bonds. The third kappa shape index (κ3) is 7.98. The Morgan fingerprint density at radius 3 is 2.58 bits per heavy atom. The summed E-state index contributed by atoms with van der Waals surface area (Å²) < 4.78 is 0. The number of rotatable bonds is 8. The van der Waals surface area contributed by atoms with E-state index in [2.05, 4.69) is 12.2 Å². The van der Waals surface area contributed by atoms with Crippen LogP contribution in [0.3, 0.4) is 0 Å². The van der Waals surface area contributed by atoms with E-state index in [-0.39, 0.29) is 6.17 Å². The molecule has 74 valence electrons. The van der Waals surface area contributed by atoms with Crippen LogP contribution in [0.4, 0.5) is 0 Å². The fourth-order valence-corrected chi connectivity index (χ4v) is 1.15. The highest BCUT2D eigenvalue weighted by atomic mass is 15.0. The fourth-order valence-electron chi connectivity index (χ4n) is 1.15. The first-order valence-electron chi connectivity index (χ1n) is 5.00. The Morgan fingerprint density at radius 2 is 2.00 bits per heavy atom. The molecule has 0 saturated heterocycles. The van der Waals surface area contributed by atoms with Crippen LogP contribution in [0, 0.1) is 0 Å². The molecule has 0 saturated carbocycles. The lowest BCUT2D eigenvalue weighted by molar-refractivity contribution is 0.476. The van der Waals surface area contributed by atoms with Crippen molar-refractivity contribution in [2.24, 2.45) is 11.5 Å². The van der Waals surface area contributed by atoms with Gasteiger partial charge < -0.3 is 16.8 Å². The summed E-state index contributed by atoms with van der Waals surface area (Å²) in [6.07, 6.45) is 5.93. The first-order chi connectivity index (χ1) is 5.81. The fraction of sp³-hybridized carbons (Fsp3) is 1.00. The summed E-state index contributed by atoms with van der Waals surface area (Å²) in [5.74, 6) is 0. The summed E-state index contributed by atoms with van der Waals surface area (Å²) in [6.45, 7) is 3.98. The summed E-state index contributed by atoms with van der Waals surface area (Å²) in [7, 11) is 0. The molecular formula is C9H23N3. The van der Waals surface area contributed by atoms with Crippen LogP contribution in [0.5, 0.6) is 0 Å². The minimum absolute atomic E-state index is 0.188. The maximum Gasteiger partial charge on any atom is 0.0546 e. The molecule has 0 aliphatic carbocycles. The molecule has 0 spiro atoms. The van der Waals surface area contributed by atoms with E-state index in [9.17, 15) is 0 Å². The van der Waals surface area contributed by atoms with Gasteiger partial charge in [-0.25, -0.2) is 0 Å². The molecule has 0 radical (unpaired) electrons. The molecule has 0 fully saturated rings. The second kappa shape index (κ2) is 8.97. The Bertz CT molecular complexity index is 85.8. The van der Waals surface area contributed by atoms with Gasteiger partial charge in [0.25, 0.3) is 0 Å². The van der Waals surface area contributed by atoms with Gasteiger partial charge in [0.05, 0.1) is 6.17 Å². The molecule has 12 heavy (non-hydrogen) atoms. The van der Waals surface area contributed by atoms with E-state index in [1.165, 1.54) is 12.8 Å². The van der Waals surface area contributed by atoms with Crippen LogP contribution in [-0.2, 0) is 0 Å². The van der Waals surface area contributed by atoms with E-state index in [1.807, 2.05) is 0 Å². The number of nitrogens with one attached hydrogen (secondary N) is 1. The highest BCUT2D eigenvalue weighted by Gasteiger charge is 1.97. The van der Waals surface area contributed by atoms with Gasteiger partial charge in [-0.15, -0.1) is 0 Å². The molecule has 3 heteroatoms. The average molecular weight is 173 g/mol. The monoisotopic (exact) mass is 173 g/mol. The van der Waals surface area contributed by atoms with Gasteiger partial charge in [0.2, 0.25) is 0 Å². The normalized spacial score (nSPS) is 13.2. The Kier molecular flexibility index (Phi) is 8.88. The van der Waals surface area contributed by atoms with Crippen molar-refractivity contribution in [2.75, 3.05) is 13.1 Å². The van der Waals surface area contributed by atoms with Crippen molar-refractivity contribution in [2.45, 2.75) is 45.2 Å². The van der Waals surface area contributed by atoms with Gasteiger partial charge in [0.1, 0.15) is 0 Å². The molecule has 3 nitrogen and oxygen atoms in total. The van der Waals surface area contributed by atoms with Gasteiger partial charge in [-0.1, -0.05) is 19.8 Å². The highest BCUT2D eigenvalue weighted by Crippen LogP contribution is 1.93. The number of nitrogens with two attached hydrogens (primary N) is 2. The molecule has 1 unspecified atom stereocenters. The van der Waals surface area contributed by atoms with Crippen LogP contribution in [0.1, 0.15) is 39.0 Å².